The van der Waals surface area contributed by atoms with E-state index in [4.69, 9.17) is 0 Å². The minimum absolute atomic E-state index is 0. The zero-order valence-electron chi connectivity index (χ0n) is 7.85. The SMILES string of the molecule is CC1CN(C)C(=O)C1(C)C.N. The van der Waals surface area contributed by atoms with E-state index in [9.17, 15) is 4.79 Å². The molecule has 0 saturated carbocycles. The lowest BCUT2D eigenvalue weighted by atomic mass is 9.83. The number of carbonyl (C=O) groups is 1. The van der Waals surface area contributed by atoms with E-state index in [1.807, 2.05) is 25.8 Å². The van der Waals surface area contributed by atoms with Crippen molar-refractivity contribution in [3.05, 3.63) is 0 Å². The zero-order chi connectivity index (χ0) is 7.94. The van der Waals surface area contributed by atoms with Crippen LogP contribution in [0.5, 0.6) is 0 Å². The van der Waals surface area contributed by atoms with Crippen molar-refractivity contribution in [2.75, 3.05) is 13.6 Å². The van der Waals surface area contributed by atoms with Crippen LogP contribution in [0.4, 0.5) is 0 Å². The Labute approximate surface area is 68.3 Å². The molecule has 0 spiro atoms. The number of rotatable bonds is 0. The lowest BCUT2D eigenvalue weighted by Crippen LogP contribution is -2.28. The minimum atomic E-state index is -0.130. The second-order valence-electron chi connectivity index (χ2n) is 3.81. The van der Waals surface area contributed by atoms with E-state index in [1.165, 1.54) is 0 Å². The highest BCUT2D eigenvalue weighted by molar-refractivity contribution is 5.84. The molecule has 1 amide bonds. The number of amides is 1. The number of carbonyl (C=O) groups excluding carboxylic acids is 1. The smallest absolute Gasteiger partial charge is 0.228 e. The largest absolute Gasteiger partial charge is 0.345 e. The maximum Gasteiger partial charge on any atom is 0.228 e. The van der Waals surface area contributed by atoms with Crippen molar-refractivity contribution in [3.63, 3.8) is 0 Å². The van der Waals surface area contributed by atoms with Gasteiger partial charge in [-0.1, -0.05) is 20.8 Å². The highest BCUT2D eigenvalue weighted by atomic mass is 16.2. The van der Waals surface area contributed by atoms with Crippen LogP contribution in [-0.2, 0) is 4.79 Å². The first-order valence-corrected chi connectivity index (χ1v) is 3.72. The van der Waals surface area contributed by atoms with E-state index in [-0.39, 0.29) is 17.5 Å². The van der Waals surface area contributed by atoms with Crippen molar-refractivity contribution in [2.45, 2.75) is 20.8 Å². The van der Waals surface area contributed by atoms with E-state index >= 15 is 0 Å². The van der Waals surface area contributed by atoms with Gasteiger partial charge in [0.1, 0.15) is 0 Å². The molecular weight excluding hydrogens is 140 g/mol. The topological polar surface area (TPSA) is 55.3 Å². The summed E-state index contributed by atoms with van der Waals surface area (Å²) in [5, 5.41) is 0. The van der Waals surface area contributed by atoms with E-state index < -0.39 is 0 Å². The van der Waals surface area contributed by atoms with Crippen LogP contribution < -0.4 is 6.15 Å². The summed E-state index contributed by atoms with van der Waals surface area (Å²) < 4.78 is 0. The number of hydrogen-bond acceptors (Lipinski definition) is 2. The van der Waals surface area contributed by atoms with Gasteiger partial charge in [0.2, 0.25) is 5.91 Å². The van der Waals surface area contributed by atoms with Crippen LogP contribution in [0.2, 0.25) is 0 Å². The quantitative estimate of drug-likeness (QED) is 0.577. The molecule has 1 heterocycles. The van der Waals surface area contributed by atoms with Gasteiger partial charge in [-0.25, -0.2) is 0 Å². The Morgan fingerprint density at radius 3 is 2.09 bits per heavy atom. The van der Waals surface area contributed by atoms with Crippen molar-refractivity contribution in [1.82, 2.24) is 11.1 Å². The van der Waals surface area contributed by atoms with Crippen molar-refractivity contribution < 1.29 is 4.79 Å². The summed E-state index contributed by atoms with van der Waals surface area (Å²) in [4.78, 5) is 13.2. The first kappa shape index (κ1) is 10.4. The normalized spacial score (nSPS) is 28.5. The van der Waals surface area contributed by atoms with Gasteiger partial charge in [0.05, 0.1) is 0 Å². The van der Waals surface area contributed by atoms with Crippen molar-refractivity contribution >= 4 is 5.91 Å². The Balaban J connectivity index is 0.000001000. The number of likely N-dealkylation sites (tertiary alicyclic amines) is 1. The Bertz CT molecular complexity index is 165. The first-order valence-electron chi connectivity index (χ1n) is 3.72. The zero-order valence-corrected chi connectivity index (χ0v) is 7.85. The third-order valence-corrected chi connectivity index (χ3v) is 2.68. The van der Waals surface area contributed by atoms with Gasteiger partial charge in [0, 0.05) is 19.0 Å². The van der Waals surface area contributed by atoms with E-state index in [1.54, 1.807) is 0 Å². The summed E-state index contributed by atoms with van der Waals surface area (Å²) >= 11 is 0. The maximum atomic E-state index is 11.4. The van der Waals surface area contributed by atoms with E-state index in [0.717, 1.165) is 6.54 Å². The van der Waals surface area contributed by atoms with E-state index in [0.29, 0.717) is 5.92 Å². The molecule has 3 heteroatoms. The fraction of sp³-hybridized carbons (Fsp3) is 0.875. The molecule has 0 aromatic heterocycles. The van der Waals surface area contributed by atoms with Crippen molar-refractivity contribution in [3.8, 4) is 0 Å². The van der Waals surface area contributed by atoms with Crippen LogP contribution in [0.3, 0.4) is 0 Å². The van der Waals surface area contributed by atoms with Crippen LogP contribution in [0, 0.1) is 11.3 Å². The molecule has 0 radical (unpaired) electrons. The summed E-state index contributed by atoms with van der Waals surface area (Å²) in [5.74, 6) is 0.769. The molecule has 3 N–H and O–H groups in total. The van der Waals surface area contributed by atoms with Crippen molar-refractivity contribution in [1.29, 1.82) is 0 Å². The third-order valence-electron chi connectivity index (χ3n) is 2.68. The number of nitrogens with zero attached hydrogens (tertiary/aromatic N) is 1. The monoisotopic (exact) mass is 158 g/mol. The minimum Gasteiger partial charge on any atom is -0.345 e. The van der Waals surface area contributed by atoms with Crippen LogP contribution in [0.25, 0.3) is 0 Å². The predicted molar refractivity (Wildman–Crippen MR) is 45.6 cm³/mol. The molecule has 1 aliphatic heterocycles. The fourth-order valence-electron chi connectivity index (χ4n) is 1.42. The van der Waals surface area contributed by atoms with Gasteiger partial charge in [0.15, 0.2) is 0 Å². The van der Waals surface area contributed by atoms with Gasteiger partial charge < -0.3 is 11.1 Å². The van der Waals surface area contributed by atoms with Crippen molar-refractivity contribution in [2.24, 2.45) is 11.3 Å². The van der Waals surface area contributed by atoms with E-state index in [2.05, 4.69) is 6.92 Å². The van der Waals surface area contributed by atoms with Gasteiger partial charge in [-0.15, -0.1) is 0 Å². The van der Waals surface area contributed by atoms with Crippen LogP contribution in [0.1, 0.15) is 20.8 Å². The summed E-state index contributed by atoms with van der Waals surface area (Å²) in [6.45, 7) is 7.07. The third kappa shape index (κ3) is 1.38. The molecule has 0 aromatic rings. The molecule has 0 aliphatic carbocycles. The van der Waals surface area contributed by atoms with Crippen LogP contribution in [-0.4, -0.2) is 24.4 Å². The lowest BCUT2D eigenvalue weighted by molar-refractivity contribution is -0.134. The standard InChI is InChI=1S/C8H15NO.H3N/c1-6-5-9(4)7(10)8(6,2)3;/h6H,5H2,1-4H3;1H3. The molecule has 1 rings (SSSR count). The Morgan fingerprint density at radius 1 is 1.55 bits per heavy atom. The second-order valence-corrected chi connectivity index (χ2v) is 3.81. The second kappa shape index (κ2) is 2.81. The first-order chi connectivity index (χ1) is 4.46. The number of hydrogen-bond donors (Lipinski definition) is 1. The van der Waals surface area contributed by atoms with Gasteiger partial charge in [-0.3, -0.25) is 4.79 Å². The van der Waals surface area contributed by atoms with Gasteiger partial charge in [-0.05, 0) is 5.92 Å². The average molecular weight is 158 g/mol. The average Bonchev–Trinajstić information content (AvgIpc) is 1.97. The molecule has 11 heavy (non-hydrogen) atoms. The molecule has 1 saturated heterocycles. The Morgan fingerprint density at radius 2 is 2.00 bits per heavy atom. The highest BCUT2D eigenvalue weighted by Gasteiger charge is 2.42. The van der Waals surface area contributed by atoms with Gasteiger partial charge in [-0.2, -0.15) is 0 Å². The molecule has 0 aromatic carbocycles. The summed E-state index contributed by atoms with van der Waals surface area (Å²) in [5.41, 5.74) is -0.130. The molecule has 3 nitrogen and oxygen atoms in total. The molecular formula is C8H18N2O. The summed E-state index contributed by atoms with van der Waals surface area (Å²) in [6.07, 6.45) is 0. The van der Waals surface area contributed by atoms with Gasteiger partial charge in [0.25, 0.3) is 0 Å². The maximum absolute atomic E-state index is 11.4. The molecule has 0 bridgehead atoms. The van der Waals surface area contributed by atoms with Crippen LogP contribution >= 0.6 is 0 Å². The summed E-state index contributed by atoms with van der Waals surface area (Å²) in [7, 11) is 1.87. The fourth-order valence-corrected chi connectivity index (χ4v) is 1.42. The molecule has 1 aliphatic rings. The highest BCUT2D eigenvalue weighted by Crippen LogP contribution is 2.34. The Kier molecular flexibility index (Phi) is 2.67. The molecule has 66 valence electrons. The molecule has 1 fully saturated rings. The molecule has 1 unspecified atom stereocenters. The summed E-state index contributed by atoms with van der Waals surface area (Å²) in [6, 6.07) is 0. The predicted octanol–water partition coefficient (Wildman–Crippen LogP) is 1.28. The Hall–Kier alpha value is -0.570. The van der Waals surface area contributed by atoms with Crippen LogP contribution in [0.15, 0.2) is 0 Å². The lowest BCUT2D eigenvalue weighted by Gasteiger charge is -2.19. The molecule has 1 atom stereocenters. The van der Waals surface area contributed by atoms with Gasteiger partial charge >= 0.3 is 0 Å².